The number of carbonyl (C=O) groups is 1. The second-order valence-electron chi connectivity index (χ2n) is 5.96. The molecule has 0 spiro atoms. The van der Waals surface area contributed by atoms with E-state index in [2.05, 4.69) is 11.8 Å². The molecule has 0 aliphatic carbocycles. The molecule has 26 heavy (non-hydrogen) atoms. The molecule has 0 aromatic heterocycles. The van der Waals surface area contributed by atoms with Gasteiger partial charge in [-0.05, 0) is 29.3 Å². The van der Waals surface area contributed by atoms with Crippen molar-refractivity contribution in [3.8, 4) is 17.6 Å². The third-order valence-corrected chi connectivity index (χ3v) is 4.05. The molecule has 1 heterocycles. The lowest BCUT2D eigenvalue weighted by Crippen LogP contribution is -2.23. The number of amides is 1. The molecule has 0 unspecified atom stereocenters. The van der Waals surface area contributed by atoms with E-state index in [9.17, 15) is 4.79 Å². The second kappa shape index (κ2) is 8.77. The number of allylic oxidation sites excluding steroid dienone is 1. The fourth-order valence-electron chi connectivity index (χ4n) is 2.64. The summed E-state index contributed by atoms with van der Waals surface area (Å²) in [6.07, 6.45) is 2.83. The van der Waals surface area contributed by atoms with Gasteiger partial charge in [0.05, 0.1) is 13.7 Å². The maximum absolute atomic E-state index is 11.9. The Bertz CT molecular complexity index is 829. The highest BCUT2D eigenvalue weighted by Crippen LogP contribution is 2.18. The molecule has 0 radical (unpaired) electrons. The fraction of sp³-hybridized carbons (Fsp3) is 0.227. The molecule has 1 amide bonds. The van der Waals surface area contributed by atoms with Crippen LogP contribution in [0.4, 0.5) is 4.79 Å². The number of hydrogen-bond acceptors (Lipinski definition) is 3. The molecule has 1 aliphatic rings. The molecule has 2 aromatic rings. The van der Waals surface area contributed by atoms with Gasteiger partial charge in [-0.2, -0.15) is 0 Å². The van der Waals surface area contributed by atoms with Crippen molar-refractivity contribution < 1.29 is 14.3 Å². The molecule has 1 fully saturated rings. The van der Waals surface area contributed by atoms with Crippen molar-refractivity contribution in [1.82, 2.24) is 4.90 Å². The van der Waals surface area contributed by atoms with Crippen LogP contribution in [-0.4, -0.2) is 24.6 Å². The van der Waals surface area contributed by atoms with Crippen molar-refractivity contribution in [2.45, 2.75) is 19.4 Å². The molecule has 4 heteroatoms. The molecule has 0 atom stereocenters. The van der Waals surface area contributed by atoms with E-state index >= 15 is 0 Å². The van der Waals surface area contributed by atoms with E-state index in [4.69, 9.17) is 9.47 Å². The van der Waals surface area contributed by atoms with Crippen molar-refractivity contribution in [2.24, 2.45) is 0 Å². The zero-order valence-corrected chi connectivity index (χ0v) is 14.8. The highest BCUT2D eigenvalue weighted by Gasteiger charge is 2.26. The van der Waals surface area contributed by atoms with E-state index in [-0.39, 0.29) is 6.09 Å². The maximum Gasteiger partial charge on any atom is 0.415 e. The second-order valence-corrected chi connectivity index (χ2v) is 5.96. The van der Waals surface area contributed by atoms with E-state index in [1.54, 1.807) is 12.0 Å². The molecule has 0 N–H and O–H groups in total. The van der Waals surface area contributed by atoms with Crippen molar-refractivity contribution >= 4 is 6.09 Å². The van der Waals surface area contributed by atoms with E-state index in [1.807, 2.05) is 60.7 Å². The van der Waals surface area contributed by atoms with Gasteiger partial charge in [0, 0.05) is 19.4 Å². The summed E-state index contributed by atoms with van der Waals surface area (Å²) in [6, 6.07) is 17.8. The van der Waals surface area contributed by atoms with Gasteiger partial charge in [-0.3, -0.25) is 4.90 Å². The van der Waals surface area contributed by atoms with Crippen LogP contribution < -0.4 is 4.74 Å². The maximum atomic E-state index is 11.9. The first-order chi connectivity index (χ1) is 12.7. The summed E-state index contributed by atoms with van der Waals surface area (Å²) in [5, 5.41) is 0. The van der Waals surface area contributed by atoms with Crippen molar-refractivity contribution in [3.05, 3.63) is 77.6 Å². The largest absolute Gasteiger partial charge is 0.497 e. The molecule has 2 aromatic carbocycles. The Balaban J connectivity index is 1.48. The molecule has 0 bridgehead atoms. The van der Waals surface area contributed by atoms with Crippen LogP contribution in [0.3, 0.4) is 0 Å². The van der Waals surface area contributed by atoms with Crippen molar-refractivity contribution in [1.29, 1.82) is 0 Å². The smallest absolute Gasteiger partial charge is 0.415 e. The van der Waals surface area contributed by atoms with Crippen LogP contribution in [0.25, 0.3) is 0 Å². The summed E-state index contributed by atoms with van der Waals surface area (Å²) in [5.74, 6) is 7.75. The van der Waals surface area contributed by atoms with Gasteiger partial charge < -0.3 is 9.47 Å². The third-order valence-electron chi connectivity index (χ3n) is 4.05. The van der Waals surface area contributed by atoms with Gasteiger partial charge in [0.1, 0.15) is 11.5 Å². The van der Waals surface area contributed by atoms with E-state index in [0.717, 1.165) is 16.9 Å². The SMILES string of the molecule is COc1ccc(CC#CCC=C2CN(Cc3ccccc3)C(=O)O2)cc1. The van der Waals surface area contributed by atoms with Crippen LogP contribution in [0.5, 0.6) is 5.75 Å². The van der Waals surface area contributed by atoms with Crippen LogP contribution in [-0.2, 0) is 17.7 Å². The molecule has 0 saturated carbocycles. The van der Waals surface area contributed by atoms with Crippen molar-refractivity contribution in [2.75, 3.05) is 13.7 Å². The molecule has 3 rings (SSSR count). The number of rotatable bonds is 5. The van der Waals surface area contributed by atoms with Gasteiger partial charge in [-0.15, -0.1) is 0 Å². The molecule has 4 nitrogen and oxygen atoms in total. The minimum atomic E-state index is -0.300. The summed E-state index contributed by atoms with van der Waals surface area (Å²) >= 11 is 0. The minimum absolute atomic E-state index is 0.300. The number of ether oxygens (including phenoxy) is 2. The Labute approximate surface area is 154 Å². The number of hydrogen-bond donors (Lipinski definition) is 0. The third kappa shape index (κ3) is 4.90. The number of carbonyl (C=O) groups excluding carboxylic acids is 1. The number of cyclic esters (lactones) is 1. The van der Waals surface area contributed by atoms with E-state index < -0.39 is 0 Å². The first-order valence-electron chi connectivity index (χ1n) is 8.53. The molecule has 1 aliphatic heterocycles. The molecular weight excluding hydrogens is 326 g/mol. The van der Waals surface area contributed by atoms with E-state index in [1.165, 1.54) is 0 Å². The topological polar surface area (TPSA) is 38.8 Å². The first kappa shape index (κ1) is 17.6. The Morgan fingerprint density at radius 1 is 1.08 bits per heavy atom. The lowest BCUT2D eigenvalue weighted by atomic mass is 10.1. The van der Waals surface area contributed by atoms with Gasteiger partial charge in [0.25, 0.3) is 0 Å². The highest BCUT2D eigenvalue weighted by atomic mass is 16.6. The fourth-order valence-corrected chi connectivity index (χ4v) is 2.64. The van der Waals surface area contributed by atoms with Crippen LogP contribution in [0.2, 0.25) is 0 Å². The van der Waals surface area contributed by atoms with Gasteiger partial charge in [0.15, 0.2) is 0 Å². The zero-order chi connectivity index (χ0) is 18.2. The Hall–Kier alpha value is -3.19. The predicted octanol–water partition coefficient (Wildman–Crippen LogP) is 4.17. The average molecular weight is 347 g/mol. The van der Waals surface area contributed by atoms with Gasteiger partial charge in [-0.25, -0.2) is 4.79 Å². The Morgan fingerprint density at radius 2 is 1.85 bits per heavy atom. The predicted molar refractivity (Wildman–Crippen MR) is 101 cm³/mol. The van der Waals surface area contributed by atoms with Crippen LogP contribution in [0, 0.1) is 11.8 Å². The highest BCUT2D eigenvalue weighted by molar-refractivity contribution is 5.72. The van der Waals surface area contributed by atoms with Gasteiger partial charge in [-0.1, -0.05) is 54.3 Å². The number of methoxy groups -OCH3 is 1. The van der Waals surface area contributed by atoms with E-state index in [0.29, 0.717) is 31.7 Å². The zero-order valence-electron chi connectivity index (χ0n) is 14.8. The summed E-state index contributed by atoms with van der Waals surface area (Å²) in [5.41, 5.74) is 2.23. The van der Waals surface area contributed by atoms with Crippen LogP contribution >= 0.6 is 0 Å². The molecular formula is C22H21NO3. The quantitative estimate of drug-likeness (QED) is 0.762. The van der Waals surface area contributed by atoms with Crippen molar-refractivity contribution in [3.63, 3.8) is 0 Å². The number of benzene rings is 2. The summed E-state index contributed by atoms with van der Waals surface area (Å²) in [7, 11) is 1.65. The molecule has 132 valence electrons. The lowest BCUT2D eigenvalue weighted by Gasteiger charge is -2.11. The standard InChI is InChI=1S/C22H21NO3/c1-25-20-14-12-18(13-15-20)8-4-3-7-11-21-17-23(22(24)26-21)16-19-9-5-2-6-10-19/h2,5-6,9-15H,7-8,16-17H2,1H3. The van der Waals surface area contributed by atoms with Gasteiger partial charge >= 0.3 is 6.09 Å². The lowest BCUT2D eigenvalue weighted by molar-refractivity contribution is 0.167. The number of nitrogens with zero attached hydrogens (tertiary/aromatic N) is 1. The average Bonchev–Trinajstić information content (AvgIpc) is 3.02. The summed E-state index contributed by atoms with van der Waals surface area (Å²) in [4.78, 5) is 13.6. The first-order valence-corrected chi connectivity index (χ1v) is 8.53. The minimum Gasteiger partial charge on any atom is -0.497 e. The molecule has 1 saturated heterocycles. The van der Waals surface area contributed by atoms with Crippen LogP contribution in [0.1, 0.15) is 17.5 Å². The Kier molecular flexibility index (Phi) is 5.95. The normalized spacial score (nSPS) is 14.7. The summed E-state index contributed by atoms with van der Waals surface area (Å²) < 4.78 is 10.4. The summed E-state index contributed by atoms with van der Waals surface area (Å²) in [6.45, 7) is 1.05. The Morgan fingerprint density at radius 3 is 2.58 bits per heavy atom. The monoisotopic (exact) mass is 347 g/mol. The van der Waals surface area contributed by atoms with Crippen LogP contribution in [0.15, 0.2) is 66.4 Å². The van der Waals surface area contributed by atoms with Gasteiger partial charge in [0.2, 0.25) is 0 Å².